The molecule has 0 atom stereocenters. The van der Waals surface area contributed by atoms with E-state index in [1.165, 1.54) is 18.5 Å². The van der Waals surface area contributed by atoms with E-state index in [2.05, 4.69) is 48.9 Å². The van der Waals surface area contributed by atoms with Gasteiger partial charge in [-0.05, 0) is 81.8 Å². The van der Waals surface area contributed by atoms with Crippen molar-refractivity contribution >= 4 is 21.9 Å². The van der Waals surface area contributed by atoms with Crippen molar-refractivity contribution in [1.82, 2.24) is 9.97 Å². The van der Waals surface area contributed by atoms with Crippen molar-refractivity contribution in [3.63, 3.8) is 0 Å². The predicted octanol–water partition coefficient (Wildman–Crippen LogP) is 12.3. The van der Waals surface area contributed by atoms with Crippen LogP contribution in [0.2, 0.25) is 0 Å². The normalized spacial score (nSPS) is 15.0. The molecule has 4 nitrogen and oxygen atoms in total. The molecule has 4 aromatic carbocycles. The molecule has 0 bridgehead atoms. The molecule has 52 heavy (non-hydrogen) atoms. The quantitative estimate of drug-likeness (QED) is 0.162. The largest absolute Gasteiger partial charge is 0.501 e. The summed E-state index contributed by atoms with van der Waals surface area (Å²) in [6.45, 7) is 7.18. The van der Waals surface area contributed by atoms with Crippen LogP contribution in [0.3, 0.4) is 0 Å². The molecule has 0 saturated heterocycles. The molecule has 0 saturated carbocycles. The molecule has 0 aliphatic carbocycles. The summed E-state index contributed by atoms with van der Waals surface area (Å²) < 4.78 is 86.5. The second-order valence-corrected chi connectivity index (χ2v) is 14.7. The molecule has 0 aliphatic heterocycles. The van der Waals surface area contributed by atoms with Gasteiger partial charge in [-0.1, -0.05) is 108 Å². The van der Waals surface area contributed by atoms with Gasteiger partial charge < -0.3 is 14.4 Å². The van der Waals surface area contributed by atoms with Crippen LogP contribution in [0, 0.1) is 48.0 Å². The van der Waals surface area contributed by atoms with E-state index in [1.54, 1.807) is 60.7 Å². The van der Waals surface area contributed by atoms with Crippen molar-refractivity contribution in [2.45, 2.75) is 68.0 Å². The Hall–Kier alpha value is -4.88. The molecule has 265 valence electrons. The molecule has 3 heterocycles. The average Bonchev–Trinajstić information content (AvgIpc) is 3.54. The van der Waals surface area contributed by atoms with E-state index >= 15 is 0 Å². The van der Waals surface area contributed by atoms with Gasteiger partial charge in [0.15, 0.2) is 0 Å². The first kappa shape index (κ1) is 26.8. The third-order valence-corrected chi connectivity index (χ3v) is 7.90. The van der Waals surface area contributed by atoms with Crippen LogP contribution in [0.4, 0.5) is 0 Å². The third kappa shape index (κ3) is 9.31. The second kappa shape index (κ2) is 15.8. The van der Waals surface area contributed by atoms with E-state index in [4.69, 9.17) is 18.1 Å². The molecule has 0 fully saturated rings. The van der Waals surface area contributed by atoms with Gasteiger partial charge in [0.25, 0.3) is 0 Å². The zero-order chi connectivity index (χ0) is 44.9. The third-order valence-electron chi connectivity index (χ3n) is 7.90. The summed E-state index contributed by atoms with van der Waals surface area (Å²) >= 11 is 0. The number of pyridine rings is 2. The van der Waals surface area contributed by atoms with E-state index in [-0.39, 0.29) is 59.9 Å². The van der Waals surface area contributed by atoms with Crippen LogP contribution in [-0.2, 0) is 32.9 Å². The fraction of sp³-hybridized carbons (Fsp3) is 0.255. The number of rotatable bonds is 5. The minimum atomic E-state index is -2.49. The SMILES string of the molecule is [2H]C([2H])([2H])c1c[c-]c(-c2ccc(C([2H])([2H])C(C)(C)C)cn2)cc1.[2H]c1cc(CC(C)(C)C)cc([2H])c1-c1cc(-c2[c-]ccc3c2oc2cc(C#N)ccc23)ncc1C([2H])([2H])[2H].[Ir]. The second-order valence-electron chi connectivity index (χ2n) is 14.7. The number of hydrogen-bond donors (Lipinski definition) is 0. The Morgan fingerprint density at radius 2 is 1.62 bits per heavy atom. The van der Waals surface area contributed by atoms with Gasteiger partial charge >= 0.3 is 0 Å². The van der Waals surface area contributed by atoms with Crippen LogP contribution in [-0.4, -0.2) is 9.97 Å². The van der Waals surface area contributed by atoms with Crippen molar-refractivity contribution in [2.24, 2.45) is 10.8 Å². The van der Waals surface area contributed by atoms with Gasteiger partial charge in [0.2, 0.25) is 0 Å². The van der Waals surface area contributed by atoms with Crippen LogP contribution in [0.25, 0.3) is 55.6 Å². The van der Waals surface area contributed by atoms with E-state index in [0.717, 1.165) is 16.3 Å². The fourth-order valence-electron chi connectivity index (χ4n) is 5.73. The monoisotopic (exact) mass is 870 g/mol. The van der Waals surface area contributed by atoms with Crippen LogP contribution in [0.15, 0.2) is 108 Å². The van der Waals surface area contributed by atoms with Crippen LogP contribution >= 0.6 is 0 Å². The van der Waals surface area contributed by atoms with E-state index < -0.39 is 25.5 Å². The Morgan fingerprint density at radius 3 is 2.25 bits per heavy atom. The summed E-state index contributed by atoms with van der Waals surface area (Å²) in [5.74, 6) is 0. The summed E-state index contributed by atoms with van der Waals surface area (Å²) in [6, 6.07) is 30.4. The van der Waals surface area contributed by atoms with Gasteiger partial charge in [-0.3, -0.25) is 0 Å². The fourth-order valence-corrected chi connectivity index (χ4v) is 5.73. The average molecular weight is 870 g/mol. The summed E-state index contributed by atoms with van der Waals surface area (Å²) in [5, 5.41) is 10.9. The smallest absolute Gasteiger partial charge is 0.122 e. The Kier molecular flexibility index (Phi) is 8.14. The van der Waals surface area contributed by atoms with Crippen LogP contribution in [0.5, 0.6) is 0 Å². The zero-order valence-corrected chi connectivity index (χ0v) is 32.3. The summed E-state index contributed by atoms with van der Waals surface area (Å²) in [4.78, 5) is 8.76. The van der Waals surface area contributed by atoms with E-state index in [0.29, 0.717) is 51.2 Å². The number of nitriles is 1. The number of fused-ring (bicyclic) bond motifs is 3. The summed E-state index contributed by atoms with van der Waals surface area (Å²) in [5.41, 5.74) is 5.33. The molecule has 0 spiro atoms. The Bertz CT molecular complexity index is 2750. The maximum Gasteiger partial charge on any atom is 0.122 e. The number of hydrogen-bond acceptors (Lipinski definition) is 4. The van der Waals surface area contributed by atoms with E-state index in [9.17, 15) is 5.26 Å². The molecular formula is C47H45IrN3O-2. The van der Waals surface area contributed by atoms with Crippen LogP contribution < -0.4 is 0 Å². The zero-order valence-electron chi connectivity index (χ0n) is 40.0. The first-order valence-corrected chi connectivity index (χ1v) is 16.7. The Balaban J connectivity index is 0.000000260. The van der Waals surface area contributed by atoms with Crippen molar-refractivity contribution < 1.29 is 38.2 Å². The number of furan rings is 1. The standard InChI is InChI=1S/C30H25N2O.C17H20N.Ir/c1-19-18-32-27(15-26(19)22-11-8-20(9-12-22)16-30(2,3)4)25-7-5-6-24-23-13-10-21(17-31)14-28(23)33-29(24)25;1-13-5-8-15(9-6-13)16-10-7-14(12-18-16)11-17(2,3)4;/h5-6,8-15,18H,16H2,1-4H3;5-8,10,12H,11H2,1-4H3;/q2*-1;/i1D3,11D,12D;1D3,11D2;. The molecule has 3 aromatic heterocycles. The van der Waals surface area contributed by atoms with E-state index in [1.807, 2.05) is 32.9 Å². The van der Waals surface area contributed by atoms with Crippen molar-refractivity contribution in [3.05, 3.63) is 143 Å². The minimum Gasteiger partial charge on any atom is -0.501 e. The number of aromatic nitrogens is 2. The molecule has 7 rings (SSSR count). The van der Waals surface area contributed by atoms with Crippen LogP contribution in [0.1, 0.15) is 83.1 Å². The van der Waals surface area contributed by atoms with Gasteiger partial charge in [0, 0.05) is 48.9 Å². The maximum atomic E-state index is 9.27. The number of aryl methyl sites for hydroxylation is 2. The molecule has 5 heteroatoms. The Labute approximate surface area is 336 Å². The summed E-state index contributed by atoms with van der Waals surface area (Å²) in [6.07, 6.45) is 2.03. The van der Waals surface area contributed by atoms with Gasteiger partial charge in [-0.25, -0.2) is 0 Å². The molecule has 0 aliphatic rings. The molecular weight excluding hydrogens is 815 g/mol. The molecule has 0 N–H and O–H groups in total. The topological polar surface area (TPSA) is 62.7 Å². The molecule has 0 unspecified atom stereocenters. The number of nitrogens with zero attached hydrogens (tertiary/aromatic N) is 3. The first-order valence-electron chi connectivity index (χ1n) is 21.7. The van der Waals surface area contributed by atoms with Crippen molar-refractivity contribution in [2.75, 3.05) is 0 Å². The van der Waals surface area contributed by atoms with Gasteiger partial charge in [-0.15, -0.1) is 53.6 Å². The first-order chi connectivity index (χ1) is 28.3. The van der Waals surface area contributed by atoms with Gasteiger partial charge in [0.1, 0.15) is 5.58 Å². The molecule has 0 amide bonds. The van der Waals surface area contributed by atoms with Crippen molar-refractivity contribution in [1.29, 1.82) is 5.26 Å². The molecule has 1 radical (unpaired) electrons. The predicted molar refractivity (Wildman–Crippen MR) is 210 cm³/mol. The van der Waals surface area contributed by atoms with Gasteiger partial charge in [0.05, 0.1) is 20.0 Å². The maximum absolute atomic E-state index is 9.27. The summed E-state index contributed by atoms with van der Waals surface area (Å²) in [7, 11) is 0. The number of benzene rings is 4. The molecule has 7 aromatic rings. The van der Waals surface area contributed by atoms with Crippen molar-refractivity contribution in [3.8, 4) is 39.7 Å². The van der Waals surface area contributed by atoms with Gasteiger partial charge in [-0.2, -0.15) is 5.26 Å². The Morgan fingerprint density at radius 1 is 0.827 bits per heavy atom. The minimum absolute atomic E-state index is 0.